The van der Waals surface area contributed by atoms with E-state index in [9.17, 15) is 9.90 Å². The largest absolute Gasteiger partial charge is 0.393 e. The molecule has 1 amide bonds. The van der Waals surface area contributed by atoms with Gasteiger partial charge in [0.05, 0.1) is 12.5 Å². The molecule has 0 spiro atoms. The number of carbonyl (C=O) groups is 1. The summed E-state index contributed by atoms with van der Waals surface area (Å²) in [5.41, 5.74) is 1.05. The molecule has 21 heavy (non-hydrogen) atoms. The number of amides is 1. The van der Waals surface area contributed by atoms with Gasteiger partial charge in [-0.2, -0.15) is 0 Å². The summed E-state index contributed by atoms with van der Waals surface area (Å²) in [6, 6.07) is 14.2. The number of carbonyl (C=O) groups excluding carboxylic acids is 1. The maximum absolute atomic E-state index is 12.1. The zero-order valence-corrected chi connectivity index (χ0v) is 12.1. The first-order chi connectivity index (χ1) is 10.2. The molecule has 2 atom stereocenters. The van der Waals surface area contributed by atoms with Gasteiger partial charge in [0.25, 0.3) is 0 Å². The summed E-state index contributed by atoms with van der Waals surface area (Å²) in [6.07, 6.45) is 3.08. The van der Waals surface area contributed by atoms with E-state index in [-0.39, 0.29) is 17.9 Å². The third kappa shape index (κ3) is 3.24. The third-order valence-corrected chi connectivity index (χ3v) is 4.41. The SMILES string of the molecule is O=C(Cc1cccc2ccccc12)NCC1CCCC1O. The Kier molecular flexibility index (Phi) is 4.20. The molecule has 110 valence electrons. The molecule has 1 saturated carbocycles. The van der Waals surface area contributed by atoms with Gasteiger partial charge in [-0.1, -0.05) is 48.9 Å². The summed E-state index contributed by atoms with van der Waals surface area (Å²) in [4.78, 5) is 12.1. The van der Waals surface area contributed by atoms with Gasteiger partial charge in [0.1, 0.15) is 0 Å². The second kappa shape index (κ2) is 6.27. The minimum atomic E-state index is -0.247. The van der Waals surface area contributed by atoms with E-state index in [1.807, 2.05) is 24.3 Å². The van der Waals surface area contributed by atoms with Gasteiger partial charge in [-0.25, -0.2) is 0 Å². The van der Waals surface area contributed by atoms with Crippen molar-refractivity contribution in [2.24, 2.45) is 5.92 Å². The summed E-state index contributed by atoms with van der Waals surface area (Å²) in [6.45, 7) is 0.588. The highest BCUT2D eigenvalue weighted by Crippen LogP contribution is 2.24. The molecule has 0 bridgehead atoms. The maximum Gasteiger partial charge on any atom is 0.224 e. The fourth-order valence-electron chi connectivity index (χ4n) is 3.18. The predicted molar refractivity (Wildman–Crippen MR) is 84.0 cm³/mol. The Morgan fingerprint density at radius 3 is 2.76 bits per heavy atom. The second-order valence-electron chi connectivity index (χ2n) is 5.88. The normalized spacial score (nSPS) is 21.6. The van der Waals surface area contributed by atoms with Crippen LogP contribution < -0.4 is 5.32 Å². The van der Waals surface area contributed by atoms with Crippen LogP contribution >= 0.6 is 0 Å². The molecule has 0 saturated heterocycles. The van der Waals surface area contributed by atoms with Crippen LogP contribution in [0.4, 0.5) is 0 Å². The van der Waals surface area contributed by atoms with E-state index in [2.05, 4.69) is 23.5 Å². The van der Waals surface area contributed by atoms with Gasteiger partial charge in [0.15, 0.2) is 0 Å². The van der Waals surface area contributed by atoms with E-state index in [0.717, 1.165) is 35.6 Å². The van der Waals surface area contributed by atoms with E-state index in [1.54, 1.807) is 0 Å². The molecule has 1 aliphatic rings. The average Bonchev–Trinajstić information content (AvgIpc) is 2.91. The molecule has 2 N–H and O–H groups in total. The first-order valence-electron chi connectivity index (χ1n) is 7.65. The van der Waals surface area contributed by atoms with E-state index >= 15 is 0 Å². The van der Waals surface area contributed by atoms with Crippen molar-refractivity contribution in [3.63, 3.8) is 0 Å². The zero-order valence-electron chi connectivity index (χ0n) is 12.1. The van der Waals surface area contributed by atoms with Crippen molar-refractivity contribution < 1.29 is 9.90 Å². The highest BCUT2D eigenvalue weighted by atomic mass is 16.3. The Morgan fingerprint density at radius 1 is 1.14 bits per heavy atom. The maximum atomic E-state index is 12.1. The molecule has 0 heterocycles. The van der Waals surface area contributed by atoms with Crippen LogP contribution in [0.25, 0.3) is 10.8 Å². The molecule has 3 heteroatoms. The van der Waals surface area contributed by atoms with Crippen LogP contribution in [0.5, 0.6) is 0 Å². The van der Waals surface area contributed by atoms with Crippen molar-refractivity contribution in [1.82, 2.24) is 5.32 Å². The summed E-state index contributed by atoms with van der Waals surface area (Å²) in [5.74, 6) is 0.256. The summed E-state index contributed by atoms with van der Waals surface area (Å²) >= 11 is 0. The molecule has 1 aliphatic carbocycles. The van der Waals surface area contributed by atoms with Gasteiger partial charge in [-0.05, 0) is 29.2 Å². The number of fused-ring (bicyclic) bond motifs is 1. The van der Waals surface area contributed by atoms with E-state index in [0.29, 0.717) is 13.0 Å². The van der Waals surface area contributed by atoms with Gasteiger partial charge in [-0.15, -0.1) is 0 Å². The Labute approximate surface area is 125 Å². The van der Waals surface area contributed by atoms with Crippen LogP contribution in [0.2, 0.25) is 0 Å². The molecule has 1 fully saturated rings. The smallest absolute Gasteiger partial charge is 0.224 e. The molecule has 3 rings (SSSR count). The number of hydrogen-bond acceptors (Lipinski definition) is 2. The van der Waals surface area contributed by atoms with Crippen molar-refractivity contribution >= 4 is 16.7 Å². The van der Waals surface area contributed by atoms with Gasteiger partial charge in [-0.3, -0.25) is 4.79 Å². The lowest BCUT2D eigenvalue weighted by Crippen LogP contribution is -2.33. The standard InChI is InChI=1S/C18H21NO2/c20-17-10-4-8-15(17)12-19-18(21)11-14-7-3-6-13-5-1-2-9-16(13)14/h1-3,5-7,9,15,17,20H,4,8,10-12H2,(H,19,21). The molecule has 2 aromatic rings. The highest BCUT2D eigenvalue weighted by Gasteiger charge is 2.25. The van der Waals surface area contributed by atoms with Crippen molar-refractivity contribution in [1.29, 1.82) is 0 Å². The van der Waals surface area contributed by atoms with Gasteiger partial charge < -0.3 is 10.4 Å². The molecule has 0 aliphatic heterocycles. The van der Waals surface area contributed by atoms with Gasteiger partial charge in [0.2, 0.25) is 5.91 Å². The fourth-order valence-corrected chi connectivity index (χ4v) is 3.18. The van der Waals surface area contributed by atoms with Crippen LogP contribution in [-0.2, 0) is 11.2 Å². The predicted octanol–water partition coefficient (Wildman–Crippen LogP) is 2.66. The lowest BCUT2D eigenvalue weighted by Gasteiger charge is -2.15. The topological polar surface area (TPSA) is 49.3 Å². The highest BCUT2D eigenvalue weighted by molar-refractivity contribution is 5.90. The molecule has 0 aromatic heterocycles. The fraction of sp³-hybridized carbons (Fsp3) is 0.389. The van der Waals surface area contributed by atoms with Crippen LogP contribution in [0, 0.1) is 5.92 Å². The minimum Gasteiger partial charge on any atom is -0.393 e. The van der Waals surface area contributed by atoms with Crippen molar-refractivity contribution in [2.75, 3.05) is 6.54 Å². The monoisotopic (exact) mass is 283 g/mol. The molecule has 2 aromatic carbocycles. The molecule has 0 radical (unpaired) electrons. The van der Waals surface area contributed by atoms with Gasteiger partial charge >= 0.3 is 0 Å². The summed E-state index contributed by atoms with van der Waals surface area (Å²) in [7, 11) is 0. The van der Waals surface area contributed by atoms with E-state index in [4.69, 9.17) is 0 Å². The number of nitrogens with one attached hydrogen (secondary N) is 1. The number of aliphatic hydroxyl groups excluding tert-OH is 1. The quantitative estimate of drug-likeness (QED) is 0.906. The Morgan fingerprint density at radius 2 is 1.95 bits per heavy atom. The zero-order chi connectivity index (χ0) is 14.7. The minimum absolute atomic E-state index is 0.0328. The third-order valence-electron chi connectivity index (χ3n) is 4.41. The molecular weight excluding hydrogens is 262 g/mol. The van der Waals surface area contributed by atoms with Crippen molar-refractivity contribution in [3.8, 4) is 0 Å². The average molecular weight is 283 g/mol. The summed E-state index contributed by atoms with van der Waals surface area (Å²) < 4.78 is 0. The lowest BCUT2D eigenvalue weighted by atomic mass is 10.0. The molecule has 2 unspecified atom stereocenters. The van der Waals surface area contributed by atoms with E-state index in [1.165, 1.54) is 0 Å². The van der Waals surface area contributed by atoms with Crippen LogP contribution in [-0.4, -0.2) is 23.7 Å². The van der Waals surface area contributed by atoms with Crippen LogP contribution in [0.15, 0.2) is 42.5 Å². The Balaban J connectivity index is 1.63. The summed E-state index contributed by atoms with van der Waals surface area (Å²) in [5, 5.41) is 15.0. The lowest BCUT2D eigenvalue weighted by molar-refractivity contribution is -0.120. The van der Waals surface area contributed by atoms with Crippen molar-refractivity contribution in [2.45, 2.75) is 31.8 Å². The number of rotatable bonds is 4. The molecular formula is C18H21NO2. The number of hydrogen-bond donors (Lipinski definition) is 2. The Bertz CT molecular complexity index is 633. The Hall–Kier alpha value is -1.87. The van der Waals surface area contributed by atoms with E-state index < -0.39 is 0 Å². The first kappa shape index (κ1) is 14.1. The number of benzene rings is 2. The first-order valence-corrected chi connectivity index (χ1v) is 7.65. The van der Waals surface area contributed by atoms with Crippen LogP contribution in [0.3, 0.4) is 0 Å². The van der Waals surface area contributed by atoms with Crippen LogP contribution in [0.1, 0.15) is 24.8 Å². The van der Waals surface area contributed by atoms with Crippen molar-refractivity contribution in [3.05, 3.63) is 48.0 Å². The van der Waals surface area contributed by atoms with Gasteiger partial charge in [0, 0.05) is 12.5 Å². The molecule has 3 nitrogen and oxygen atoms in total. The number of aliphatic hydroxyl groups is 1. The second-order valence-corrected chi connectivity index (χ2v) is 5.88.